The summed E-state index contributed by atoms with van der Waals surface area (Å²) in [5.41, 5.74) is 0. The minimum Gasteiger partial charge on any atom is -0.544 e. The standard InChI is InChI=1S/C55H103NO7/c1-6-8-10-12-14-16-18-20-22-24-25-26-27-28-29-30-32-34-36-38-40-42-44-46-54(58)63-51(49-61-48-47-52(55(59)60)56(3,4)5)50-62-53(57)45-43-41-39-37-35-33-31-23-21-19-17-15-13-11-9-7-2/h23,31,33,35,51-52H,6-22,24-30,32,34,36-50H2,1-5H3/b31-23+,35-33+. The van der Waals surface area contributed by atoms with E-state index in [0.29, 0.717) is 12.8 Å². The van der Waals surface area contributed by atoms with E-state index >= 15 is 0 Å². The average molecular weight is 890 g/mol. The number of nitrogens with zero attached hydrogens (tertiary/aromatic N) is 1. The van der Waals surface area contributed by atoms with Crippen LogP contribution in [0.5, 0.6) is 0 Å². The maximum Gasteiger partial charge on any atom is 0.306 e. The first-order chi connectivity index (χ1) is 30.6. The number of carbonyl (C=O) groups is 3. The molecule has 0 saturated heterocycles. The molecule has 0 aliphatic carbocycles. The van der Waals surface area contributed by atoms with Crippen molar-refractivity contribution < 1.29 is 38.2 Å². The van der Waals surface area contributed by atoms with Crippen LogP contribution in [0, 0.1) is 0 Å². The Morgan fingerprint density at radius 3 is 1.21 bits per heavy atom. The Morgan fingerprint density at radius 1 is 0.476 bits per heavy atom. The lowest BCUT2D eigenvalue weighted by Crippen LogP contribution is -2.55. The monoisotopic (exact) mass is 890 g/mol. The second-order valence-electron chi connectivity index (χ2n) is 19.5. The van der Waals surface area contributed by atoms with E-state index in [-0.39, 0.29) is 42.7 Å². The molecule has 0 aliphatic rings. The summed E-state index contributed by atoms with van der Waals surface area (Å²) in [7, 11) is 5.42. The summed E-state index contributed by atoms with van der Waals surface area (Å²) in [6.45, 7) is 4.67. The molecule has 0 aromatic rings. The summed E-state index contributed by atoms with van der Waals surface area (Å²) in [5, 5.41) is 11.7. The van der Waals surface area contributed by atoms with Gasteiger partial charge in [0.15, 0.2) is 6.10 Å². The molecule has 0 rings (SSSR count). The maximum absolute atomic E-state index is 12.8. The number of ether oxygens (including phenoxy) is 3. The van der Waals surface area contributed by atoms with E-state index in [0.717, 1.165) is 51.4 Å². The normalized spacial score (nSPS) is 13.0. The van der Waals surface area contributed by atoms with Crippen molar-refractivity contribution in [2.45, 2.75) is 270 Å². The fraction of sp³-hybridized carbons (Fsp3) is 0.873. The van der Waals surface area contributed by atoms with E-state index < -0.39 is 18.1 Å². The molecule has 2 atom stereocenters. The van der Waals surface area contributed by atoms with Crippen molar-refractivity contribution >= 4 is 17.9 Å². The van der Waals surface area contributed by atoms with Crippen LogP contribution in [-0.4, -0.2) is 75.5 Å². The predicted molar refractivity (Wildman–Crippen MR) is 264 cm³/mol. The van der Waals surface area contributed by atoms with Crippen LogP contribution >= 0.6 is 0 Å². The van der Waals surface area contributed by atoms with Crippen LogP contribution in [0.3, 0.4) is 0 Å². The van der Waals surface area contributed by atoms with Crippen LogP contribution in [0.15, 0.2) is 24.3 Å². The van der Waals surface area contributed by atoms with Gasteiger partial charge in [0.1, 0.15) is 12.6 Å². The van der Waals surface area contributed by atoms with Gasteiger partial charge in [0, 0.05) is 19.3 Å². The number of hydrogen-bond acceptors (Lipinski definition) is 7. The summed E-state index contributed by atoms with van der Waals surface area (Å²) in [5.74, 6) is -1.75. The van der Waals surface area contributed by atoms with Crippen molar-refractivity contribution in [3.05, 3.63) is 24.3 Å². The third kappa shape index (κ3) is 44.8. The van der Waals surface area contributed by atoms with Gasteiger partial charge in [-0.05, 0) is 38.5 Å². The van der Waals surface area contributed by atoms with Gasteiger partial charge in [-0.15, -0.1) is 0 Å². The molecule has 0 saturated carbocycles. The Balaban J connectivity index is 4.19. The van der Waals surface area contributed by atoms with E-state index in [1.165, 1.54) is 173 Å². The van der Waals surface area contributed by atoms with Gasteiger partial charge in [-0.3, -0.25) is 9.59 Å². The van der Waals surface area contributed by atoms with Crippen molar-refractivity contribution in [1.82, 2.24) is 0 Å². The Morgan fingerprint density at radius 2 is 0.825 bits per heavy atom. The first kappa shape index (κ1) is 60.8. The topological polar surface area (TPSA) is 102 Å². The average Bonchev–Trinajstić information content (AvgIpc) is 3.24. The van der Waals surface area contributed by atoms with E-state index in [9.17, 15) is 19.5 Å². The lowest BCUT2D eigenvalue weighted by atomic mass is 10.0. The largest absolute Gasteiger partial charge is 0.544 e. The Bertz CT molecular complexity index is 1080. The molecule has 0 bridgehead atoms. The van der Waals surface area contributed by atoms with E-state index in [1.54, 1.807) is 21.1 Å². The van der Waals surface area contributed by atoms with Gasteiger partial charge in [-0.1, -0.05) is 224 Å². The molecule has 0 aromatic heterocycles. The van der Waals surface area contributed by atoms with Crippen molar-refractivity contribution in [3.63, 3.8) is 0 Å². The molecule has 8 nitrogen and oxygen atoms in total. The number of rotatable bonds is 49. The fourth-order valence-electron chi connectivity index (χ4n) is 8.18. The molecule has 0 aliphatic heterocycles. The Hall–Kier alpha value is -2.19. The highest BCUT2D eigenvalue weighted by atomic mass is 16.6. The number of carbonyl (C=O) groups excluding carboxylic acids is 3. The van der Waals surface area contributed by atoms with Gasteiger partial charge in [-0.25, -0.2) is 0 Å². The SMILES string of the molecule is CCCCCCCCC/C=C/C=C/CCCCCC(=O)OCC(COCCC(C(=O)[O-])[N+](C)(C)C)OC(=O)CCCCCCCCCCCCCCCCCCCCCCCCC. The third-order valence-corrected chi connectivity index (χ3v) is 12.4. The quantitative estimate of drug-likeness (QED) is 0.0259. The summed E-state index contributed by atoms with van der Waals surface area (Å²) in [4.78, 5) is 37.0. The summed E-state index contributed by atoms with van der Waals surface area (Å²) in [6.07, 6.45) is 53.6. The zero-order chi connectivity index (χ0) is 46.3. The number of carboxylic acids is 1. The molecule has 8 heteroatoms. The van der Waals surface area contributed by atoms with Gasteiger partial charge in [-0.2, -0.15) is 0 Å². The number of hydrogen-bond donors (Lipinski definition) is 0. The number of carboxylic acid groups (broad SMARTS) is 1. The lowest BCUT2D eigenvalue weighted by Gasteiger charge is -2.34. The smallest absolute Gasteiger partial charge is 0.306 e. The molecule has 2 unspecified atom stereocenters. The first-order valence-electron chi connectivity index (χ1n) is 26.9. The highest BCUT2D eigenvalue weighted by Crippen LogP contribution is 2.17. The van der Waals surface area contributed by atoms with Gasteiger partial charge in [0.05, 0.1) is 40.3 Å². The number of allylic oxidation sites excluding steroid dienone is 4. The molecule has 370 valence electrons. The molecule has 0 fully saturated rings. The number of unbranched alkanes of at least 4 members (excludes halogenated alkanes) is 32. The lowest BCUT2D eigenvalue weighted by molar-refractivity contribution is -0.889. The highest BCUT2D eigenvalue weighted by molar-refractivity contribution is 5.70. The minimum atomic E-state index is -1.12. The molecular formula is C55H103NO7. The van der Waals surface area contributed by atoms with Gasteiger partial charge in [0.2, 0.25) is 0 Å². The molecule has 63 heavy (non-hydrogen) atoms. The fourth-order valence-corrected chi connectivity index (χ4v) is 8.18. The highest BCUT2D eigenvalue weighted by Gasteiger charge is 2.25. The summed E-state index contributed by atoms with van der Waals surface area (Å²) in [6, 6.07) is -0.728. The summed E-state index contributed by atoms with van der Waals surface area (Å²) < 4.78 is 17.2. The minimum absolute atomic E-state index is 0.0369. The predicted octanol–water partition coefficient (Wildman–Crippen LogP) is 14.3. The number of aliphatic carboxylic acids is 1. The maximum atomic E-state index is 12.8. The van der Waals surface area contributed by atoms with Crippen molar-refractivity contribution in [2.24, 2.45) is 0 Å². The zero-order valence-electron chi connectivity index (χ0n) is 42.3. The molecule has 0 heterocycles. The molecule has 0 amide bonds. The zero-order valence-corrected chi connectivity index (χ0v) is 42.3. The molecular weight excluding hydrogens is 787 g/mol. The number of likely N-dealkylation sites (N-methyl/N-ethyl adjacent to an activating group) is 1. The number of quaternary nitrogens is 1. The number of esters is 2. The van der Waals surface area contributed by atoms with Crippen LogP contribution < -0.4 is 5.11 Å². The summed E-state index contributed by atoms with van der Waals surface area (Å²) >= 11 is 0. The molecule has 0 N–H and O–H groups in total. The second kappa shape index (κ2) is 46.3. The van der Waals surface area contributed by atoms with Crippen LogP contribution in [0.1, 0.15) is 258 Å². The van der Waals surface area contributed by atoms with Gasteiger partial charge in [0.25, 0.3) is 0 Å². The van der Waals surface area contributed by atoms with Crippen molar-refractivity contribution in [3.8, 4) is 0 Å². The van der Waals surface area contributed by atoms with Crippen LogP contribution in [0.25, 0.3) is 0 Å². The third-order valence-electron chi connectivity index (χ3n) is 12.4. The van der Waals surface area contributed by atoms with Crippen molar-refractivity contribution in [1.29, 1.82) is 0 Å². The van der Waals surface area contributed by atoms with E-state index in [2.05, 4.69) is 38.2 Å². The van der Waals surface area contributed by atoms with Gasteiger partial charge >= 0.3 is 11.9 Å². The van der Waals surface area contributed by atoms with E-state index in [1.807, 2.05) is 0 Å². The Kier molecular flexibility index (Phi) is 44.7. The van der Waals surface area contributed by atoms with Gasteiger partial charge < -0.3 is 28.6 Å². The van der Waals surface area contributed by atoms with E-state index in [4.69, 9.17) is 14.2 Å². The first-order valence-corrected chi connectivity index (χ1v) is 26.9. The second-order valence-corrected chi connectivity index (χ2v) is 19.5. The molecule has 0 spiro atoms. The van der Waals surface area contributed by atoms with Crippen LogP contribution in [0.4, 0.5) is 0 Å². The Labute approximate surface area is 390 Å². The van der Waals surface area contributed by atoms with Crippen molar-refractivity contribution in [2.75, 3.05) is 41.0 Å². The molecule has 0 radical (unpaired) electrons. The molecule has 0 aromatic carbocycles. The van der Waals surface area contributed by atoms with Crippen LogP contribution in [0.2, 0.25) is 0 Å². The van der Waals surface area contributed by atoms with Crippen LogP contribution in [-0.2, 0) is 28.6 Å².